The van der Waals surface area contributed by atoms with Crippen LogP contribution >= 0.6 is 0 Å². The maximum absolute atomic E-state index is 8.82. The zero-order valence-corrected chi connectivity index (χ0v) is 8.13. The van der Waals surface area contributed by atoms with E-state index in [1.807, 2.05) is 0 Å². The first kappa shape index (κ1) is 9.96. The molecule has 2 atom stereocenters. The third kappa shape index (κ3) is 2.44. The van der Waals surface area contributed by atoms with Crippen molar-refractivity contribution in [3.63, 3.8) is 0 Å². The molecule has 0 bridgehead atoms. The summed E-state index contributed by atoms with van der Waals surface area (Å²) in [7, 11) is 0. The highest BCUT2D eigenvalue weighted by Gasteiger charge is 2.29. The van der Waals surface area contributed by atoms with Crippen molar-refractivity contribution in [2.45, 2.75) is 32.9 Å². The van der Waals surface area contributed by atoms with Gasteiger partial charge in [-0.15, -0.1) is 0 Å². The average Bonchev–Trinajstić information content (AvgIpc) is 2.03. The first-order chi connectivity index (χ1) is 5.54. The molecule has 0 amide bonds. The fraction of sp³-hybridized carbons (Fsp3) is 1.00. The smallest absolute Gasteiger partial charge is 0.0930 e. The van der Waals surface area contributed by atoms with Gasteiger partial charge in [0.1, 0.15) is 0 Å². The third-order valence-electron chi connectivity index (χ3n) is 2.34. The zero-order valence-electron chi connectivity index (χ0n) is 8.13. The van der Waals surface area contributed by atoms with Crippen molar-refractivity contribution < 1.29 is 9.84 Å². The van der Waals surface area contributed by atoms with Crippen LogP contribution in [0.15, 0.2) is 0 Å². The van der Waals surface area contributed by atoms with Crippen molar-refractivity contribution in [3.05, 3.63) is 0 Å². The molecule has 0 aromatic carbocycles. The van der Waals surface area contributed by atoms with E-state index in [2.05, 4.69) is 26.1 Å². The molecule has 12 heavy (non-hydrogen) atoms. The van der Waals surface area contributed by atoms with Crippen LogP contribution in [0.5, 0.6) is 0 Å². The summed E-state index contributed by atoms with van der Waals surface area (Å²) in [5, 5.41) is 12.2. The van der Waals surface area contributed by atoms with Crippen LogP contribution in [0.3, 0.4) is 0 Å². The highest BCUT2D eigenvalue weighted by Crippen LogP contribution is 2.21. The summed E-state index contributed by atoms with van der Waals surface area (Å²) >= 11 is 0. The number of ether oxygens (including phenoxy) is 1. The minimum Gasteiger partial charge on any atom is -0.394 e. The van der Waals surface area contributed by atoms with E-state index in [-0.39, 0.29) is 18.1 Å². The van der Waals surface area contributed by atoms with Crippen LogP contribution in [0.1, 0.15) is 20.8 Å². The van der Waals surface area contributed by atoms with Gasteiger partial charge >= 0.3 is 0 Å². The van der Waals surface area contributed by atoms with Crippen LogP contribution in [0.2, 0.25) is 0 Å². The number of hydrogen-bond acceptors (Lipinski definition) is 3. The lowest BCUT2D eigenvalue weighted by atomic mass is 9.86. The van der Waals surface area contributed by atoms with Crippen molar-refractivity contribution in [2.75, 3.05) is 19.8 Å². The Hall–Kier alpha value is -0.120. The van der Waals surface area contributed by atoms with Crippen LogP contribution < -0.4 is 5.32 Å². The summed E-state index contributed by atoms with van der Waals surface area (Å²) in [5.74, 6) is 0. The van der Waals surface area contributed by atoms with E-state index >= 15 is 0 Å². The molecule has 0 radical (unpaired) electrons. The summed E-state index contributed by atoms with van der Waals surface area (Å²) in [6.07, 6.45) is -0.0106. The van der Waals surface area contributed by atoms with Gasteiger partial charge in [-0.3, -0.25) is 0 Å². The van der Waals surface area contributed by atoms with Crippen LogP contribution in [0.4, 0.5) is 0 Å². The van der Waals surface area contributed by atoms with Crippen molar-refractivity contribution in [2.24, 2.45) is 5.41 Å². The van der Waals surface area contributed by atoms with E-state index in [1.165, 1.54) is 0 Å². The topological polar surface area (TPSA) is 41.5 Å². The molecule has 1 rings (SSSR count). The molecular formula is C9H19NO2. The Balaban J connectivity index is 2.36. The number of aliphatic hydroxyl groups excluding tert-OH is 1. The van der Waals surface area contributed by atoms with E-state index in [0.717, 1.165) is 6.54 Å². The molecule has 2 N–H and O–H groups in total. The molecular weight excluding hydrogens is 154 g/mol. The normalized spacial score (nSPS) is 32.0. The predicted molar refractivity (Wildman–Crippen MR) is 48.1 cm³/mol. The van der Waals surface area contributed by atoms with E-state index in [1.54, 1.807) is 0 Å². The molecule has 0 aliphatic carbocycles. The lowest BCUT2D eigenvalue weighted by Gasteiger charge is -2.37. The predicted octanol–water partition coefficient (Wildman–Crippen LogP) is 0.382. The summed E-state index contributed by atoms with van der Waals surface area (Å²) < 4.78 is 5.45. The number of hydrogen-bond donors (Lipinski definition) is 2. The van der Waals surface area contributed by atoms with Gasteiger partial charge in [0.05, 0.1) is 19.3 Å². The lowest BCUT2D eigenvalue weighted by molar-refractivity contribution is -0.0446. The molecule has 3 nitrogen and oxygen atoms in total. The van der Waals surface area contributed by atoms with E-state index in [0.29, 0.717) is 12.6 Å². The molecule has 1 aliphatic heterocycles. The Kier molecular flexibility index (Phi) is 3.09. The van der Waals surface area contributed by atoms with Gasteiger partial charge in [-0.05, 0) is 5.41 Å². The molecule has 1 fully saturated rings. The van der Waals surface area contributed by atoms with Gasteiger partial charge in [-0.2, -0.15) is 0 Å². The van der Waals surface area contributed by atoms with Gasteiger partial charge in [-0.25, -0.2) is 0 Å². The van der Waals surface area contributed by atoms with Crippen molar-refractivity contribution in [1.82, 2.24) is 5.32 Å². The first-order valence-electron chi connectivity index (χ1n) is 4.50. The highest BCUT2D eigenvalue weighted by molar-refractivity contribution is 4.84. The van der Waals surface area contributed by atoms with Crippen molar-refractivity contribution in [3.8, 4) is 0 Å². The van der Waals surface area contributed by atoms with Gasteiger partial charge in [-0.1, -0.05) is 20.8 Å². The second-order valence-corrected chi connectivity index (χ2v) is 4.46. The fourth-order valence-electron chi connectivity index (χ4n) is 1.30. The third-order valence-corrected chi connectivity index (χ3v) is 2.34. The fourth-order valence-corrected chi connectivity index (χ4v) is 1.30. The maximum Gasteiger partial charge on any atom is 0.0930 e. The van der Waals surface area contributed by atoms with E-state index < -0.39 is 0 Å². The van der Waals surface area contributed by atoms with Gasteiger partial charge in [0, 0.05) is 12.6 Å². The average molecular weight is 173 g/mol. The van der Waals surface area contributed by atoms with Gasteiger partial charge < -0.3 is 15.2 Å². The molecule has 0 aromatic rings. The largest absolute Gasteiger partial charge is 0.394 e. The van der Waals surface area contributed by atoms with Crippen molar-refractivity contribution >= 4 is 0 Å². The Labute approximate surface area is 74.1 Å². The van der Waals surface area contributed by atoms with Crippen molar-refractivity contribution in [1.29, 1.82) is 0 Å². The summed E-state index contributed by atoms with van der Waals surface area (Å²) in [6.45, 7) is 8.14. The van der Waals surface area contributed by atoms with Gasteiger partial charge in [0.25, 0.3) is 0 Å². The minimum atomic E-state index is -0.0106. The Morgan fingerprint density at radius 2 is 2.17 bits per heavy atom. The Morgan fingerprint density at radius 3 is 2.50 bits per heavy atom. The standard InChI is InChI=1S/C9H19NO2/c1-9(2,3)8-6-12-7(5-11)4-10-8/h7-8,10-11H,4-6H2,1-3H3. The number of nitrogens with one attached hydrogen (secondary N) is 1. The minimum absolute atomic E-state index is 0.0106. The molecule has 3 heteroatoms. The molecule has 0 saturated carbocycles. The highest BCUT2D eigenvalue weighted by atomic mass is 16.5. The van der Waals surface area contributed by atoms with E-state index in [4.69, 9.17) is 9.84 Å². The molecule has 1 aliphatic rings. The summed E-state index contributed by atoms with van der Waals surface area (Å²) in [5.41, 5.74) is 0.237. The number of aliphatic hydroxyl groups is 1. The van der Waals surface area contributed by atoms with Crippen LogP contribution in [-0.4, -0.2) is 37.0 Å². The Morgan fingerprint density at radius 1 is 1.50 bits per heavy atom. The maximum atomic E-state index is 8.82. The molecule has 1 saturated heterocycles. The van der Waals surface area contributed by atoms with Crippen LogP contribution in [0.25, 0.3) is 0 Å². The quantitative estimate of drug-likeness (QED) is 0.602. The molecule has 72 valence electrons. The zero-order chi connectivity index (χ0) is 9.19. The molecule has 0 spiro atoms. The lowest BCUT2D eigenvalue weighted by Crippen LogP contribution is -2.53. The van der Waals surface area contributed by atoms with Gasteiger partial charge in [0.15, 0.2) is 0 Å². The summed E-state index contributed by atoms with van der Waals surface area (Å²) in [4.78, 5) is 0. The second kappa shape index (κ2) is 3.73. The van der Waals surface area contributed by atoms with Gasteiger partial charge in [0.2, 0.25) is 0 Å². The summed E-state index contributed by atoms with van der Waals surface area (Å²) in [6, 6.07) is 0.403. The SMILES string of the molecule is CC(C)(C)C1COC(CO)CN1. The molecule has 1 heterocycles. The number of rotatable bonds is 1. The number of morpholine rings is 1. The van der Waals surface area contributed by atoms with Crippen LogP contribution in [0, 0.1) is 5.41 Å². The Bertz CT molecular complexity index is 134. The first-order valence-corrected chi connectivity index (χ1v) is 4.50. The van der Waals surface area contributed by atoms with Crippen LogP contribution in [-0.2, 0) is 4.74 Å². The molecule has 0 aromatic heterocycles. The van der Waals surface area contributed by atoms with E-state index in [9.17, 15) is 0 Å². The monoisotopic (exact) mass is 173 g/mol. The molecule has 2 unspecified atom stereocenters. The second-order valence-electron chi connectivity index (χ2n) is 4.46.